The molecule has 126 valence electrons. The standard InChI is InChI=1S/C24H25N/c1-18-9-8-16-25-23(18)21-14-12-20(13-15-21)19(2)17-24(3,4)22-10-6-5-7-11-22/h5-16H,2,17H2,1,3-4H3. The van der Waals surface area contributed by atoms with Gasteiger partial charge in [0.2, 0.25) is 0 Å². The van der Waals surface area contributed by atoms with Crippen LogP contribution in [-0.4, -0.2) is 4.98 Å². The van der Waals surface area contributed by atoms with E-state index < -0.39 is 0 Å². The summed E-state index contributed by atoms with van der Waals surface area (Å²) < 4.78 is 0. The third-order valence-electron chi connectivity index (χ3n) is 4.79. The van der Waals surface area contributed by atoms with Crippen molar-refractivity contribution in [3.8, 4) is 11.3 Å². The highest BCUT2D eigenvalue weighted by atomic mass is 14.7. The van der Waals surface area contributed by atoms with Crippen LogP contribution in [0.4, 0.5) is 0 Å². The van der Waals surface area contributed by atoms with Crippen molar-refractivity contribution in [2.45, 2.75) is 32.6 Å². The van der Waals surface area contributed by atoms with Gasteiger partial charge in [-0.25, -0.2) is 0 Å². The molecule has 0 aliphatic carbocycles. The van der Waals surface area contributed by atoms with E-state index in [-0.39, 0.29) is 5.41 Å². The first-order valence-electron chi connectivity index (χ1n) is 8.73. The predicted octanol–water partition coefficient (Wildman–Crippen LogP) is 6.44. The quantitative estimate of drug-likeness (QED) is 0.525. The van der Waals surface area contributed by atoms with Gasteiger partial charge in [-0.15, -0.1) is 0 Å². The Morgan fingerprint density at radius 2 is 1.60 bits per heavy atom. The number of benzene rings is 2. The first kappa shape index (κ1) is 17.2. The second-order valence-corrected chi connectivity index (χ2v) is 7.28. The number of hydrogen-bond donors (Lipinski definition) is 0. The molecule has 0 saturated heterocycles. The monoisotopic (exact) mass is 327 g/mol. The highest BCUT2D eigenvalue weighted by molar-refractivity contribution is 5.69. The van der Waals surface area contributed by atoms with Crippen LogP contribution in [0, 0.1) is 6.92 Å². The van der Waals surface area contributed by atoms with E-state index in [2.05, 4.69) is 93.0 Å². The van der Waals surface area contributed by atoms with Gasteiger partial charge in [-0.3, -0.25) is 4.98 Å². The fourth-order valence-corrected chi connectivity index (χ4v) is 3.28. The molecule has 0 fully saturated rings. The summed E-state index contributed by atoms with van der Waals surface area (Å²) in [5, 5.41) is 0. The highest BCUT2D eigenvalue weighted by Crippen LogP contribution is 2.34. The SMILES string of the molecule is C=C(CC(C)(C)c1ccccc1)c1ccc(-c2ncccc2C)cc1. The molecule has 25 heavy (non-hydrogen) atoms. The van der Waals surface area contributed by atoms with Gasteiger partial charge >= 0.3 is 0 Å². The van der Waals surface area contributed by atoms with Crippen molar-refractivity contribution < 1.29 is 0 Å². The largest absolute Gasteiger partial charge is 0.256 e. The fraction of sp³-hybridized carbons (Fsp3) is 0.208. The molecule has 3 aromatic rings. The van der Waals surface area contributed by atoms with E-state index >= 15 is 0 Å². The summed E-state index contributed by atoms with van der Waals surface area (Å²) in [6.07, 6.45) is 2.77. The second-order valence-electron chi connectivity index (χ2n) is 7.28. The van der Waals surface area contributed by atoms with Crippen LogP contribution in [0.15, 0.2) is 79.5 Å². The lowest BCUT2D eigenvalue weighted by Crippen LogP contribution is -2.17. The zero-order valence-electron chi connectivity index (χ0n) is 15.3. The fourth-order valence-electron chi connectivity index (χ4n) is 3.28. The maximum atomic E-state index is 4.50. The Hall–Kier alpha value is -2.67. The van der Waals surface area contributed by atoms with Gasteiger partial charge < -0.3 is 0 Å². The number of pyridine rings is 1. The lowest BCUT2D eigenvalue weighted by molar-refractivity contribution is 0.542. The van der Waals surface area contributed by atoms with Gasteiger partial charge in [0.25, 0.3) is 0 Å². The van der Waals surface area contributed by atoms with Crippen LogP contribution in [-0.2, 0) is 5.41 Å². The number of hydrogen-bond acceptors (Lipinski definition) is 1. The first-order valence-corrected chi connectivity index (χ1v) is 8.73. The molecule has 3 rings (SSSR count). The van der Waals surface area contributed by atoms with E-state index in [1.807, 2.05) is 12.3 Å². The molecule has 1 nitrogen and oxygen atoms in total. The van der Waals surface area contributed by atoms with Gasteiger partial charge in [-0.05, 0) is 47.1 Å². The summed E-state index contributed by atoms with van der Waals surface area (Å²) in [7, 11) is 0. The van der Waals surface area contributed by atoms with E-state index in [4.69, 9.17) is 0 Å². The summed E-state index contributed by atoms with van der Waals surface area (Å²) in [5.74, 6) is 0. The van der Waals surface area contributed by atoms with Crippen LogP contribution in [0.1, 0.15) is 37.0 Å². The third kappa shape index (κ3) is 3.88. The van der Waals surface area contributed by atoms with Crippen LogP contribution in [0.25, 0.3) is 16.8 Å². The van der Waals surface area contributed by atoms with Gasteiger partial charge in [-0.1, -0.05) is 81.1 Å². The molecule has 0 atom stereocenters. The number of allylic oxidation sites excluding steroid dienone is 1. The molecule has 2 aromatic carbocycles. The van der Waals surface area contributed by atoms with Crippen molar-refractivity contribution in [3.63, 3.8) is 0 Å². The van der Waals surface area contributed by atoms with Crippen LogP contribution >= 0.6 is 0 Å². The highest BCUT2D eigenvalue weighted by Gasteiger charge is 2.21. The lowest BCUT2D eigenvalue weighted by Gasteiger charge is -2.26. The molecule has 0 amide bonds. The Balaban J connectivity index is 1.78. The predicted molar refractivity (Wildman–Crippen MR) is 108 cm³/mol. The Morgan fingerprint density at radius 3 is 2.24 bits per heavy atom. The summed E-state index contributed by atoms with van der Waals surface area (Å²) in [5.41, 5.74) is 7.16. The lowest BCUT2D eigenvalue weighted by atomic mass is 9.78. The normalized spacial score (nSPS) is 11.3. The van der Waals surface area contributed by atoms with Crippen LogP contribution in [0.2, 0.25) is 0 Å². The van der Waals surface area contributed by atoms with Gasteiger partial charge in [0.1, 0.15) is 0 Å². The Bertz CT molecular complexity index is 858. The van der Waals surface area contributed by atoms with Crippen molar-refractivity contribution in [1.29, 1.82) is 0 Å². The summed E-state index contributed by atoms with van der Waals surface area (Å²) in [4.78, 5) is 4.50. The molecular weight excluding hydrogens is 302 g/mol. The molecule has 0 bridgehead atoms. The van der Waals surface area contributed by atoms with Gasteiger partial charge in [0, 0.05) is 11.8 Å². The third-order valence-corrected chi connectivity index (χ3v) is 4.79. The number of nitrogens with zero attached hydrogens (tertiary/aromatic N) is 1. The van der Waals surface area contributed by atoms with Crippen LogP contribution in [0.5, 0.6) is 0 Å². The van der Waals surface area contributed by atoms with Crippen molar-refractivity contribution >= 4 is 5.57 Å². The maximum absolute atomic E-state index is 4.50. The maximum Gasteiger partial charge on any atom is 0.0731 e. The molecule has 0 aliphatic rings. The van der Waals surface area contributed by atoms with E-state index in [9.17, 15) is 0 Å². The molecule has 1 heteroatoms. The summed E-state index contributed by atoms with van der Waals surface area (Å²) in [6.45, 7) is 11.0. The number of rotatable bonds is 5. The minimum atomic E-state index is 0.0641. The summed E-state index contributed by atoms with van der Waals surface area (Å²) >= 11 is 0. The molecule has 1 heterocycles. The zero-order chi connectivity index (χ0) is 17.9. The average Bonchev–Trinajstić information content (AvgIpc) is 2.63. The Labute approximate surface area is 151 Å². The zero-order valence-corrected chi connectivity index (χ0v) is 15.3. The molecular formula is C24H25N. The van der Waals surface area contributed by atoms with Crippen molar-refractivity contribution in [2.24, 2.45) is 0 Å². The molecule has 0 radical (unpaired) electrons. The van der Waals surface area contributed by atoms with Crippen molar-refractivity contribution in [1.82, 2.24) is 4.98 Å². The van der Waals surface area contributed by atoms with Gasteiger partial charge in [0.15, 0.2) is 0 Å². The smallest absolute Gasteiger partial charge is 0.0731 e. The number of aromatic nitrogens is 1. The van der Waals surface area contributed by atoms with E-state index in [0.717, 1.165) is 23.3 Å². The second kappa shape index (κ2) is 7.06. The van der Waals surface area contributed by atoms with Gasteiger partial charge in [0.05, 0.1) is 5.69 Å². The van der Waals surface area contributed by atoms with E-state index in [0.29, 0.717) is 0 Å². The van der Waals surface area contributed by atoms with Crippen molar-refractivity contribution in [2.75, 3.05) is 0 Å². The molecule has 0 spiro atoms. The van der Waals surface area contributed by atoms with Crippen molar-refractivity contribution in [3.05, 3.63) is 96.2 Å². The molecule has 0 aliphatic heterocycles. The Morgan fingerprint density at radius 1 is 0.920 bits per heavy atom. The average molecular weight is 327 g/mol. The topological polar surface area (TPSA) is 12.9 Å². The van der Waals surface area contributed by atoms with E-state index in [1.165, 1.54) is 16.7 Å². The minimum Gasteiger partial charge on any atom is -0.256 e. The first-order chi connectivity index (χ1) is 12.0. The van der Waals surface area contributed by atoms with Crippen LogP contribution in [0.3, 0.4) is 0 Å². The summed E-state index contributed by atoms with van der Waals surface area (Å²) in [6, 6.07) is 23.3. The molecule has 0 N–H and O–H groups in total. The molecule has 1 aromatic heterocycles. The van der Waals surface area contributed by atoms with Crippen LogP contribution < -0.4 is 0 Å². The number of aryl methyl sites for hydroxylation is 1. The van der Waals surface area contributed by atoms with Gasteiger partial charge in [-0.2, -0.15) is 0 Å². The Kier molecular flexibility index (Phi) is 4.85. The molecule has 0 saturated carbocycles. The molecule has 0 unspecified atom stereocenters. The van der Waals surface area contributed by atoms with E-state index in [1.54, 1.807) is 0 Å². The minimum absolute atomic E-state index is 0.0641.